The number of carbonyl (C=O) groups excluding carboxylic acids is 2. The molecule has 1 aliphatic heterocycles. The number of hydrogen-bond acceptors (Lipinski definition) is 4. The van der Waals surface area contributed by atoms with Gasteiger partial charge in [0.05, 0.1) is 29.3 Å². The van der Waals surface area contributed by atoms with E-state index in [1.54, 1.807) is 22.0 Å². The summed E-state index contributed by atoms with van der Waals surface area (Å²) in [5.41, 5.74) is 16.4. The number of hydrazone groups is 1. The van der Waals surface area contributed by atoms with Crippen LogP contribution in [0.15, 0.2) is 82.9 Å². The number of rotatable bonds is 6. The lowest BCUT2D eigenvalue weighted by Crippen LogP contribution is -2.36. The summed E-state index contributed by atoms with van der Waals surface area (Å²) in [5.74, 6) is 0.0121. The highest BCUT2D eigenvalue weighted by atomic mass is 16.2. The molecule has 1 aliphatic carbocycles. The van der Waals surface area contributed by atoms with E-state index in [-0.39, 0.29) is 23.8 Å². The van der Waals surface area contributed by atoms with E-state index in [0.29, 0.717) is 29.3 Å². The normalized spacial score (nSPS) is 15.7. The molecule has 2 aliphatic rings. The second-order valence-corrected chi connectivity index (χ2v) is 9.95. The summed E-state index contributed by atoms with van der Waals surface area (Å²) >= 11 is 0. The van der Waals surface area contributed by atoms with Crippen LogP contribution in [0.4, 0.5) is 27.5 Å². The topological polar surface area (TPSA) is 129 Å². The third-order valence-electron chi connectivity index (χ3n) is 7.01. The van der Waals surface area contributed by atoms with Gasteiger partial charge in [-0.25, -0.2) is 14.8 Å². The molecule has 3 aromatic carbocycles. The third-order valence-corrected chi connectivity index (χ3v) is 7.01. The molecule has 0 saturated heterocycles. The number of urea groups is 1. The number of fused-ring (bicyclic) bond motifs is 1. The minimum absolute atomic E-state index is 0.0380. The van der Waals surface area contributed by atoms with Crippen LogP contribution in [0.5, 0.6) is 0 Å². The lowest BCUT2D eigenvalue weighted by molar-refractivity contribution is -0.114. The van der Waals surface area contributed by atoms with Crippen LogP contribution in [-0.2, 0) is 11.3 Å². The van der Waals surface area contributed by atoms with Gasteiger partial charge in [-0.05, 0) is 60.9 Å². The fourth-order valence-electron chi connectivity index (χ4n) is 5.27. The minimum Gasteiger partial charge on any atom is -0.370 e. The molecule has 5 rings (SSSR count). The molecule has 200 valence electrons. The molecule has 39 heavy (non-hydrogen) atoms. The summed E-state index contributed by atoms with van der Waals surface area (Å²) in [6.45, 7) is 1.81. The number of aliphatic imine (C=N–C) groups is 1. The molecular formula is C30H33N7O2. The van der Waals surface area contributed by atoms with Crippen molar-refractivity contribution < 1.29 is 9.59 Å². The van der Waals surface area contributed by atoms with E-state index < -0.39 is 0 Å². The van der Waals surface area contributed by atoms with Gasteiger partial charge in [0.2, 0.25) is 5.91 Å². The highest BCUT2D eigenvalue weighted by Crippen LogP contribution is 2.39. The first-order chi connectivity index (χ1) is 18.9. The van der Waals surface area contributed by atoms with E-state index in [2.05, 4.69) is 10.3 Å². The van der Waals surface area contributed by atoms with Crippen LogP contribution in [0.3, 0.4) is 0 Å². The molecule has 0 spiro atoms. The number of nitrogens with two attached hydrogens (primary N) is 2. The van der Waals surface area contributed by atoms with Gasteiger partial charge in [0.1, 0.15) is 0 Å². The summed E-state index contributed by atoms with van der Waals surface area (Å²) < 4.78 is 0. The molecule has 0 unspecified atom stereocenters. The van der Waals surface area contributed by atoms with Gasteiger partial charge in [-0.15, -0.1) is 0 Å². The average molecular weight is 524 g/mol. The molecule has 5 N–H and O–H groups in total. The standard InChI is InChI=1S/C30H33N7O2/c1-20(38)33-24-14-17-27-26(18-24)28(22-10-6-3-7-11-22)35-36(19-21-8-4-2-5-9-21)30(39)37(27)25-15-12-23(13-16-25)34-29(31)32/h2,4-5,8-9,12-18,22H,3,6-7,10-11,19H2,1H3,(H,33,38)(H4,31,32,34). The summed E-state index contributed by atoms with van der Waals surface area (Å²) in [6, 6.07) is 22.4. The van der Waals surface area contributed by atoms with E-state index in [1.165, 1.54) is 13.3 Å². The third kappa shape index (κ3) is 5.93. The van der Waals surface area contributed by atoms with Crippen molar-refractivity contribution in [3.8, 4) is 0 Å². The maximum absolute atomic E-state index is 14.3. The number of benzene rings is 3. The molecule has 1 heterocycles. The van der Waals surface area contributed by atoms with Crippen LogP contribution < -0.4 is 21.7 Å². The van der Waals surface area contributed by atoms with Crippen LogP contribution >= 0.6 is 0 Å². The van der Waals surface area contributed by atoms with Crippen molar-refractivity contribution in [2.24, 2.45) is 27.5 Å². The van der Waals surface area contributed by atoms with Crippen molar-refractivity contribution in [2.75, 3.05) is 10.2 Å². The van der Waals surface area contributed by atoms with E-state index in [9.17, 15) is 9.59 Å². The molecule has 9 heteroatoms. The first kappa shape index (κ1) is 26.0. The van der Waals surface area contributed by atoms with Crippen molar-refractivity contribution in [2.45, 2.75) is 45.6 Å². The first-order valence-electron chi connectivity index (χ1n) is 13.2. The average Bonchev–Trinajstić information content (AvgIpc) is 3.04. The Morgan fingerprint density at radius 1 is 1.00 bits per heavy atom. The van der Waals surface area contributed by atoms with Crippen LogP contribution in [0.1, 0.15) is 50.2 Å². The Morgan fingerprint density at radius 3 is 2.38 bits per heavy atom. The number of carbonyl (C=O) groups is 2. The summed E-state index contributed by atoms with van der Waals surface area (Å²) in [5, 5.41) is 9.51. The predicted octanol–water partition coefficient (Wildman–Crippen LogP) is 5.61. The highest BCUT2D eigenvalue weighted by molar-refractivity contribution is 6.14. The van der Waals surface area contributed by atoms with E-state index in [1.807, 2.05) is 60.7 Å². The van der Waals surface area contributed by atoms with Gasteiger partial charge in [0.25, 0.3) is 0 Å². The number of nitrogens with zero attached hydrogens (tertiary/aromatic N) is 4. The molecular weight excluding hydrogens is 490 g/mol. The zero-order valence-corrected chi connectivity index (χ0v) is 22.0. The smallest absolute Gasteiger partial charge is 0.349 e. The van der Waals surface area contributed by atoms with E-state index >= 15 is 0 Å². The van der Waals surface area contributed by atoms with Crippen molar-refractivity contribution in [3.05, 3.63) is 83.9 Å². The van der Waals surface area contributed by atoms with Crippen molar-refractivity contribution in [1.29, 1.82) is 0 Å². The molecule has 3 amide bonds. The Labute approximate surface area is 228 Å². The molecule has 0 radical (unpaired) electrons. The zero-order chi connectivity index (χ0) is 27.4. The summed E-state index contributed by atoms with van der Waals surface area (Å²) in [7, 11) is 0. The van der Waals surface area contributed by atoms with Crippen molar-refractivity contribution in [1.82, 2.24) is 5.01 Å². The van der Waals surface area contributed by atoms with Gasteiger partial charge >= 0.3 is 6.03 Å². The maximum Gasteiger partial charge on any atom is 0.349 e. The Morgan fingerprint density at radius 2 is 1.72 bits per heavy atom. The molecule has 1 fully saturated rings. The molecule has 3 aromatic rings. The maximum atomic E-state index is 14.3. The Hall–Kier alpha value is -4.66. The van der Waals surface area contributed by atoms with E-state index in [4.69, 9.17) is 16.6 Å². The lowest BCUT2D eigenvalue weighted by atomic mass is 9.82. The van der Waals surface area contributed by atoms with E-state index in [0.717, 1.165) is 42.5 Å². The molecule has 0 bridgehead atoms. The second-order valence-electron chi connectivity index (χ2n) is 9.95. The van der Waals surface area contributed by atoms with Gasteiger partial charge in [0.15, 0.2) is 5.96 Å². The van der Waals surface area contributed by atoms with Crippen LogP contribution in [0.25, 0.3) is 0 Å². The van der Waals surface area contributed by atoms with Crippen LogP contribution in [0, 0.1) is 5.92 Å². The number of amides is 3. The Bertz CT molecular complexity index is 1410. The quantitative estimate of drug-likeness (QED) is 0.286. The van der Waals surface area contributed by atoms with Gasteiger partial charge < -0.3 is 16.8 Å². The molecule has 1 saturated carbocycles. The SMILES string of the molecule is CC(=O)Nc1ccc2c(c1)C(C1CCCCC1)=NN(Cc1ccccc1)C(=O)N2c1ccc(N=C(N)N)cc1. The summed E-state index contributed by atoms with van der Waals surface area (Å²) in [6.07, 6.45) is 5.44. The fourth-order valence-corrected chi connectivity index (χ4v) is 5.27. The van der Waals surface area contributed by atoms with Gasteiger partial charge in [-0.1, -0.05) is 49.6 Å². The van der Waals surface area contributed by atoms with Crippen LogP contribution in [0.2, 0.25) is 0 Å². The fraction of sp³-hybridized carbons (Fsp3) is 0.267. The highest BCUT2D eigenvalue weighted by Gasteiger charge is 2.34. The monoisotopic (exact) mass is 523 g/mol. The van der Waals surface area contributed by atoms with Crippen molar-refractivity contribution in [3.63, 3.8) is 0 Å². The Balaban J connectivity index is 1.67. The number of anilines is 3. The first-order valence-corrected chi connectivity index (χ1v) is 13.2. The predicted molar refractivity (Wildman–Crippen MR) is 155 cm³/mol. The molecule has 0 aromatic heterocycles. The summed E-state index contributed by atoms with van der Waals surface area (Å²) in [4.78, 5) is 31.9. The Kier molecular flexibility index (Phi) is 7.58. The van der Waals surface area contributed by atoms with Crippen LogP contribution in [-0.4, -0.2) is 28.6 Å². The number of guanidine groups is 1. The number of nitrogens with one attached hydrogen (secondary N) is 1. The molecule has 0 atom stereocenters. The second kappa shape index (κ2) is 11.4. The van der Waals surface area contributed by atoms with Gasteiger partial charge in [-0.2, -0.15) is 5.10 Å². The van der Waals surface area contributed by atoms with Gasteiger partial charge in [-0.3, -0.25) is 9.69 Å². The minimum atomic E-state index is -0.271. The molecule has 9 nitrogen and oxygen atoms in total. The lowest BCUT2D eigenvalue weighted by Gasteiger charge is -2.27. The van der Waals surface area contributed by atoms with Crippen molar-refractivity contribution >= 4 is 46.4 Å². The largest absolute Gasteiger partial charge is 0.370 e. The number of hydrogen-bond donors (Lipinski definition) is 3. The zero-order valence-electron chi connectivity index (χ0n) is 22.0. The van der Waals surface area contributed by atoms with Gasteiger partial charge in [0, 0.05) is 24.1 Å².